The van der Waals surface area contributed by atoms with Crippen LogP contribution in [0.4, 0.5) is 0 Å². The highest BCUT2D eigenvalue weighted by atomic mass is 16.5. The van der Waals surface area contributed by atoms with Crippen LogP contribution in [0.3, 0.4) is 0 Å². The standard InChI is InChI=1S/C23H36N4O2/c1-4-24-23(25-12-9-21-17-19-7-5-6-8-22(19)29-21)26-20-10-13-27(14-11-20)15-16-28-18(2)3/h5-8,17-18,20H,4,9-16H2,1-3H3,(H2,24,25,26). The summed E-state index contributed by atoms with van der Waals surface area (Å²) in [4.78, 5) is 7.25. The van der Waals surface area contributed by atoms with Gasteiger partial charge in [-0.3, -0.25) is 4.99 Å². The molecule has 0 unspecified atom stereocenters. The molecule has 2 N–H and O–H groups in total. The number of hydrogen-bond acceptors (Lipinski definition) is 4. The first-order valence-corrected chi connectivity index (χ1v) is 11.0. The second-order valence-electron chi connectivity index (χ2n) is 7.94. The van der Waals surface area contributed by atoms with Gasteiger partial charge in [0.05, 0.1) is 12.7 Å². The van der Waals surface area contributed by atoms with Crippen LogP contribution in [0.15, 0.2) is 39.7 Å². The Hall–Kier alpha value is -2.05. The number of piperidine rings is 1. The molecule has 0 radical (unpaired) electrons. The highest BCUT2D eigenvalue weighted by Gasteiger charge is 2.19. The number of fused-ring (bicyclic) bond motifs is 1. The molecular weight excluding hydrogens is 364 g/mol. The SMILES string of the molecule is CCNC(=NCCc1cc2ccccc2o1)NC1CCN(CCOC(C)C)CC1. The number of ether oxygens (including phenoxy) is 1. The average molecular weight is 401 g/mol. The molecule has 2 aromatic rings. The Bertz CT molecular complexity index is 730. The fourth-order valence-corrected chi connectivity index (χ4v) is 3.67. The van der Waals surface area contributed by atoms with Crippen molar-refractivity contribution in [3.05, 3.63) is 36.1 Å². The molecule has 1 aliphatic rings. The zero-order valence-corrected chi connectivity index (χ0v) is 18.1. The summed E-state index contributed by atoms with van der Waals surface area (Å²) in [7, 11) is 0. The second kappa shape index (κ2) is 11.2. The van der Waals surface area contributed by atoms with Gasteiger partial charge < -0.3 is 24.7 Å². The molecule has 6 heteroatoms. The molecule has 0 saturated carbocycles. The van der Waals surface area contributed by atoms with Gasteiger partial charge in [-0.05, 0) is 45.7 Å². The summed E-state index contributed by atoms with van der Waals surface area (Å²) in [5.41, 5.74) is 0.946. The Morgan fingerprint density at radius 3 is 2.79 bits per heavy atom. The van der Waals surface area contributed by atoms with Gasteiger partial charge in [-0.15, -0.1) is 0 Å². The monoisotopic (exact) mass is 400 g/mol. The van der Waals surface area contributed by atoms with Gasteiger partial charge in [0, 0.05) is 50.6 Å². The molecular formula is C23H36N4O2. The third kappa shape index (κ3) is 7.05. The lowest BCUT2D eigenvalue weighted by Gasteiger charge is -2.33. The van der Waals surface area contributed by atoms with E-state index in [1.807, 2.05) is 18.2 Å². The number of para-hydroxylation sites is 1. The molecule has 0 amide bonds. The van der Waals surface area contributed by atoms with E-state index in [9.17, 15) is 0 Å². The van der Waals surface area contributed by atoms with Gasteiger partial charge in [-0.25, -0.2) is 0 Å². The van der Waals surface area contributed by atoms with E-state index in [2.05, 4.69) is 48.4 Å². The largest absolute Gasteiger partial charge is 0.461 e. The van der Waals surface area contributed by atoms with Crippen LogP contribution in [0.5, 0.6) is 0 Å². The molecule has 0 atom stereocenters. The maximum atomic E-state index is 5.89. The number of guanidine groups is 1. The highest BCUT2D eigenvalue weighted by Crippen LogP contribution is 2.19. The number of rotatable bonds is 9. The summed E-state index contributed by atoms with van der Waals surface area (Å²) in [6, 6.07) is 10.7. The number of aliphatic imine (C=N–C) groups is 1. The Kier molecular flexibility index (Phi) is 8.38. The summed E-state index contributed by atoms with van der Waals surface area (Å²) in [6.07, 6.45) is 3.39. The van der Waals surface area contributed by atoms with E-state index >= 15 is 0 Å². The Balaban J connectivity index is 1.43. The van der Waals surface area contributed by atoms with Crippen molar-refractivity contribution in [2.75, 3.05) is 39.3 Å². The van der Waals surface area contributed by atoms with Gasteiger partial charge >= 0.3 is 0 Å². The number of benzene rings is 1. The van der Waals surface area contributed by atoms with E-state index in [1.165, 1.54) is 0 Å². The maximum absolute atomic E-state index is 5.89. The van der Waals surface area contributed by atoms with Crippen molar-refractivity contribution in [1.29, 1.82) is 0 Å². The van der Waals surface area contributed by atoms with Gasteiger partial charge in [0.25, 0.3) is 0 Å². The van der Waals surface area contributed by atoms with Crippen LogP contribution in [-0.2, 0) is 11.2 Å². The van der Waals surface area contributed by atoms with E-state index in [0.717, 1.165) is 74.7 Å². The molecule has 29 heavy (non-hydrogen) atoms. The van der Waals surface area contributed by atoms with Crippen LogP contribution in [0.1, 0.15) is 39.4 Å². The molecule has 1 fully saturated rings. The van der Waals surface area contributed by atoms with Crippen molar-refractivity contribution >= 4 is 16.9 Å². The van der Waals surface area contributed by atoms with Crippen molar-refractivity contribution in [2.45, 2.75) is 52.2 Å². The van der Waals surface area contributed by atoms with Crippen molar-refractivity contribution in [2.24, 2.45) is 4.99 Å². The zero-order chi connectivity index (χ0) is 20.5. The second-order valence-corrected chi connectivity index (χ2v) is 7.94. The molecule has 6 nitrogen and oxygen atoms in total. The lowest BCUT2D eigenvalue weighted by atomic mass is 10.1. The van der Waals surface area contributed by atoms with Gasteiger partial charge in [0.1, 0.15) is 11.3 Å². The molecule has 0 bridgehead atoms. The minimum atomic E-state index is 0.313. The van der Waals surface area contributed by atoms with Gasteiger partial charge in [-0.2, -0.15) is 0 Å². The predicted octanol–water partition coefficient (Wildman–Crippen LogP) is 3.42. The fourth-order valence-electron chi connectivity index (χ4n) is 3.67. The van der Waals surface area contributed by atoms with E-state index < -0.39 is 0 Å². The maximum Gasteiger partial charge on any atom is 0.191 e. The van der Waals surface area contributed by atoms with Crippen LogP contribution in [0, 0.1) is 0 Å². The molecule has 1 aromatic carbocycles. The summed E-state index contributed by atoms with van der Waals surface area (Å²) in [6.45, 7) is 11.9. The molecule has 0 aliphatic carbocycles. The van der Waals surface area contributed by atoms with Crippen LogP contribution in [0.25, 0.3) is 11.0 Å². The molecule has 160 valence electrons. The van der Waals surface area contributed by atoms with Crippen LogP contribution in [-0.4, -0.2) is 62.3 Å². The first-order valence-electron chi connectivity index (χ1n) is 11.0. The van der Waals surface area contributed by atoms with Crippen molar-refractivity contribution in [3.63, 3.8) is 0 Å². The Morgan fingerprint density at radius 1 is 1.28 bits per heavy atom. The van der Waals surface area contributed by atoms with Gasteiger partial charge in [0.2, 0.25) is 0 Å². The first-order chi connectivity index (χ1) is 14.1. The minimum Gasteiger partial charge on any atom is -0.461 e. The molecule has 3 rings (SSSR count). The summed E-state index contributed by atoms with van der Waals surface area (Å²) < 4.78 is 11.6. The van der Waals surface area contributed by atoms with Crippen molar-refractivity contribution in [1.82, 2.24) is 15.5 Å². The molecule has 1 saturated heterocycles. The zero-order valence-electron chi connectivity index (χ0n) is 18.1. The van der Waals surface area contributed by atoms with E-state index in [0.29, 0.717) is 18.7 Å². The fraction of sp³-hybridized carbons (Fsp3) is 0.609. The molecule has 2 heterocycles. The highest BCUT2D eigenvalue weighted by molar-refractivity contribution is 5.80. The third-order valence-corrected chi connectivity index (χ3v) is 5.24. The Morgan fingerprint density at radius 2 is 2.07 bits per heavy atom. The van der Waals surface area contributed by atoms with E-state index in [4.69, 9.17) is 14.1 Å². The number of nitrogens with zero attached hydrogens (tertiary/aromatic N) is 2. The summed E-state index contributed by atoms with van der Waals surface area (Å²) in [5.74, 6) is 1.90. The first kappa shape index (κ1) is 21.7. The van der Waals surface area contributed by atoms with Crippen LogP contribution in [0.2, 0.25) is 0 Å². The number of hydrogen-bond donors (Lipinski definition) is 2. The quantitative estimate of drug-likeness (QED) is 0.499. The lowest BCUT2D eigenvalue weighted by molar-refractivity contribution is 0.0532. The van der Waals surface area contributed by atoms with Gasteiger partial charge in [0.15, 0.2) is 5.96 Å². The smallest absolute Gasteiger partial charge is 0.191 e. The third-order valence-electron chi connectivity index (χ3n) is 5.24. The lowest BCUT2D eigenvalue weighted by Crippen LogP contribution is -2.49. The predicted molar refractivity (Wildman–Crippen MR) is 120 cm³/mol. The molecule has 0 spiro atoms. The normalized spacial score (nSPS) is 16.6. The van der Waals surface area contributed by atoms with Gasteiger partial charge in [-0.1, -0.05) is 18.2 Å². The van der Waals surface area contributed by atoms with Crippen molar-refractivity contribution in [3.8, 4) is 0 Å². The molecule has 1 aromatic heterocycles. The minimum absolute atomic E-state index is 0.313. The average Bonchev–Trinajstić information content (AvgIpc) is 3.12. The topological polar surface area (TPSA) is 62.0 Å². The summed E-state index contributed by atoms with van der Waals surface area (Å²) in [5, 5.41) is 8.15. The Labute approximate surface area is 174 Å². The van der Waals surface area contributed by atoms with Crippen LogP contribution < -0.4 is 10.6 Å². The number of furan rings is 1. The number of nitrogens with one attached hydrogen (secondary N) is 2. The van der Waals surface area contributed by atoms with Crippen molar-refractivity contribution < 1.29 is 9.15 Å². The van der Waals surface area contributed by atoms with Crippen LogP contribution >= 0.6 is 0 Å². The molecule has 1 aliphatic heterocycles. The van der Waals surface area contributed by atoms with E-state index in [-0.39, 0.29) is 0 Å². The van der Waals surface area contributed by atoms with E-state index in [1.54, 1.807) is 0 Å². The summed E-state index contributed by atoms with van der Waals surface area (Å²) >= 11 is 0. The number of likely N-dealkylation sites (tertiary alicyclic amines) is 1.